The predicted molar refractivity (Wildman–Crippen MR) is 99.5 cm³/mol. The zero-order chi connectivity index (χ0) is 17.8. The molecule has 4 nitrogen and oxygen atoms in total. The van der Waals surface area contributed by atoms with E-state index in [-0.39, 0.29) is 0 Å². The monoisotopic (exact) mass is 341 g/mol. The zero-order valence-corrected chi connectivity index (χ0v) is 16.1. The van der Waals surface area contributed by atoms with Crippen LogP contribution in [0.15, 0.2) is 0 Å². The number of hydrogen-bond acceptors (Lipinski definition) is 3. The van der Waals surface area contributed by atoms with Crippen LogP contribution in [0.4, 0.5) is 0 Å². The largest absolute Gasteiger partial charge is 0.481 e. The molecule has 0 radical (unpaired) electrons. The van der Waals surface area contributed by atoms with Crippen molar-refractivity contribution in [2.24, 2.45) is 0 Å². The molecule has 2 rings (SSSR count). The third kappa shape index (κ3) is 10.3. The Morgan fingerprint density at radius 2 is 1.17 bits per heavy atom. The van der Waals surface area contributed by atoms with Crippen LogP contribution in [0.3, 0.4) is 0 Å². The Hall–Kier alpha value is -0.610. The van der Waals surface area contributed by atoms with Gasteiger partial charge in [-0.1, -0.05) is 57.8 Å². The van der Waals surface area contributed by atoms with Crippen LogP contribution in [0.25, 0.3) is 0 Å². The third-order valence-electron chi connectivity index (χ3n) is 5.04. The molecule has 1 N–H and O–H groups in total. The van der Waals surface area contributed by atoms with Gasteiger partial charge in [0.15, 0.2) is 0 Å². The maximum atomic E-state index is 9.00. The Bertz CT molecular complexity index is 309. The highest BCUT2D eigenvalue weighted by Gasteiger charge is 2.27. The lowest BCUT2D eigenvalue weighted by molar-refractivity contribution is -0.134. The van der Waals surface area contributed by atoms with Gasteiger partial charge in [0.05, 0.1) is 12.2 Å². The fraction of sp³-hybridized carbons (Fsp3) is 0.950. The van der Waals surface area contributed by atoms with Crippen LogP contribution < -0.4 is 0 Å². The molecule has 0 aromatic carbocycles. The first kappa shape index (κ1) is 21.4. The maximum Gasteiger partial charge on any atom is 0.300 e. The molecule has 2 fully saturated rings. The van der Waals surface area contributed by atoms with Gasteiger partial charge in [-0.15, -0.1) is 0 Å². The number of aliphatic carboxylic acids is 1. The van der Waals surface area contributed by atoms with Crippen LogP contribution in [-0.2, 0) is 9.53 Å². The summed E-state index contributed by atoms with van der Waals surface area (Å²) in [7, 11) is 0. The molecule has 0 bridgehead atoms. The lowest BCUT2D eigenvalue weighted by atomic mass is 9.96. The quantitative estimate of drug-likeness (QED) is 0.740. The van der Waals surface area contributed by atoms with Crippen LogP contribution in [0.2, 0.25) is 0 Å². The van der Waals surface area contributed by atoms with Crippen LogP contribution in [0.1, 0.15) is 91.4 Å². The van der Waals surface area contributed by atoms with E-state index < -0.39 is 5.97 Å². The maximum absolute atomic E-state index is 9.00. The minimum absolute atomic E-state index is 0.417. The molecular formula is C20H39NO3. The van der Waals surface area contributed by atoms with Gasteiger partial charge in [-0.3, -0.25) is 9.69 Å². The molecule has 4 heteroatoms. The molecule has 0 spiro atoms. The van der Waals surface area contributed by atoms with Gasteiger partial charge in [0.2, 0.25) is 0 Å². The number of nitrogens with zero attached hydrogens (tertiary/aromatic N) is 1. The van der Waals surface area contributed by atoms with Crippen molar-refractivity contribution in [3.8, 4) is 0 Å². The van der Waals surface area contributed by atoms with Crippen molar-refractivity contribution in [2.45, 2.75) is 110 Å². The predicted octanol–water partition coefficient (Wildman–Crippen LogP) is 4.86. The summed E-state index contributed by atoms with van der Waals surface area (Å²) in [4.78, 5) is 11.7. The highest BCUT2D eigenvalue weighted by molar-refractivity contribution is 5.62. The fourth-order valence-corrected chi connectivity index (χ4v) is 4.02. The second-order valence-electron chi connectivity index (χ2n) is 7.64. The average molecular weight is 342 g/mol. The first-order chi connectivity index (χ1) is 11.5. The first-order valence-corrected chi connectivity index (χ1v) is 10.1. The normalized spacial score (nSPS) is 28.8. The molecule has 24 heavy (non-hydrogen) atoms. The van der Waals surface area contributed by atoms with Gasteiger partial charge in [0.1, 0.15) is 0 Å². The van der Waals surface area contributed by atoms with Crippen molar-refractivity contribution in [1.82, 2.24) is 4.90 Å². The third-order valence-corrected chi connectivity index (χ3v) is 5.04. The first-order valence-electron chi connectivity index (χ1n) is 10.1. The van der Waals surface area contributed by atoms with E-state index in [9.17, 15) is 0 Å². The number of morpholine rings is 1. The van der Waals surface area contributed by atoms with Gasteiger partial charge in [0.25, 0.3) is 5.97 Å². The van der Waals surface area contributed by atoms with Gasteiger partial charge >= 0.3 is 0 Å². The number of carboxylic acids is 1. The summed E-state index contributed by atoms with van der Waals surface area (Å²) in [6, 6.07) is 0.822. The zero-order valence-electron chi connectivity index (χ0n) is 16.1. The van der Waals surface area contributed by atoms with Gasteiger partial charge < -0.3 is 9.84 Å². The van der Waals surface area contributed by atoms with Crippen molar-refractivity contribution < 1.29 is 14.6 Å². The molecule has 1 saturated carbocycles. The summed E-state index contributed by atoms with van der Waals surface area (Å²) in [6.45, 7) is 7.85. The Morgan fingerprint density at radius 1 is 0.833 bits per heavy atom. The van der Waals surface area contributed by atoms with Crippen molar-refractivity contribution in [2.75, 3.05) is 13.1 Å². The standard InChI is InChI=1S/C18H35NO.C2H4O2/c1-16-14-19(15-17(2)20-16)18-12-10-8-6-4-3-5-7-9-11-13-18;1-2(3)4/h16-18H,3-15H2,1-2H3;1H3,(H,3,4)/t16-,17-;/m1./s1. The van der Waals surface area contributed by atoms with Crippen LogP contribution in [-0.4, -0.2) is 47.3 Å². The molecule has 1 heterocycles. The molecule has 0 aromatic rings. The minimum Gasteiger partial charge on any atom is -0.481 e. The van der Waals surface area contributed by atoms with Crippen molar-refractivity contribution in [3.63, 3.8) is 0 Å². The summed E-state index contributed by atoms with van der Waals surface area (Å²) < 4.78 is 5.90. The molecule has 1 aliphatic heterocycles. The lowest BCUT2D eigenvalue weighted by Crippen LogP contribution is -2.50. The molecule has 142 valence electrons. The summed E-state index contributed by atoms with van der Waals surface area (Å²) in [6.07, 6.45) is 16.8. The minimum atomic E-state index is -0.833. The summed E-state index contributed by atoms with van der Waals surface area (Å²) in [5.41, 5.74) is 0. The SMILES string of the molecule is CC(=O)O.C[C@@H]1CN(C2CCCCCCCCCCC2)C[C@@H](C)O1. The van der Waals surface area contributed by atoms with E-state index in [1.54, 1.807) is 0 Å². The van der Waals surface area contributed by atoms with E-state index in [0.717, 1.165) is 26.1 Å². The average Bonchev–Trinajstić information content (AvgIpc) is 2.46. The fourth-order valence-electron chi connectivity index (χ4n) is 4.02. The summed E-state index contributed by atoms with van der Waals surface area (Å²) in [5, 5.41) is 7.42. The van der Waals surface area contributed by atoms with Gasteiger partial charge in [-0.25, -0.2) is 0 Å². The number of carboxylic acid groups (broad SMARTS) is 1. The van der Waals surface area contributed by atoms with E-state index in [1.807, 2.05) is 0 Å². The Balaban J connectivity index is 0.000000648. The number of ether oxygens (including phenoxy) is 1. The molecule has 2 atom stereocenters. The van der Waals surface area contributed by atoms with Gasteiger partial charge in [0, 0.05) is 26.1 Å². The molecule has 0 aromatic heterocycles. The Kier molecular flexibility index (Phi) is 11.4. The highest BCUT2D eigenvalue weighted by Crippen LogP contribution is 2.23. The van der Waals surface area contributed by atoms with Crippen molar-refractivity contribution >= 4 is 5.97 Å². The molecule has 0 amide bonds. The van der Waals surface area contributed by atoms with E-state index in [1.165, 1.54) is 70.6 Å². The molecule has 1 aliphatic carbocycles. The molecule has 0 unspecified atom stereocenters. The number of carbonyl (C=O) groups is 1. The Labute approximate surface area is 148 Å². The number of hydrogen-bond donors (Lipinski definition) is 1. The van der Waals surface area contributed by atoms with Crippen molar-refractivity contribution in [3.05, 3.63) is 0 Å². The smallest absolute Gasteiger partial charge is 0.300 e. The van der Waals surface area contributed by atoms with E-state index >= 15 is 0 Å². The van der Waals surface area contributed by atoms with E-state index in [0.29, 0.717) is 12.2 Å². The van der Waals surface area contributed by atoms with Crippen LogP contribution >= 0.6 is 0 Å². The number of rotatable bonds is 1. The van der Waals surface area contributed by atoms with Gasteiger partial charge in [-0.2, -0.15) is 0 Å². The van der Waals surface area contributed by atoms with Crippen LogP contribution in [0, 0.1) is 0 Å². The highest BCUT2D eigenvalue weighted by atomic mass is 16.5. The van der Waals surface area contributed by atoms with Gasteiger partial charge in [-0.05, 0) is 26.7 Å². The van der Waals surface area contributed by atoms with Crippen molar-refractivity contribution in [1.29, 1.82) is 0 Å². The summed E-state index contributed by atoms with van der Waals surface area (Å²) in [5.74, 6) is -0.833. The second kappa shape index (κ2) is 12.7. The molecule has 2 aliphatic rings. The Morgan fingerprint density at radius 3 is 1.54 bits per heavy atom. The van der Waals surface area contributed by atoms with E-state index in [2.05, 4.69) is 18.7 Å². The van der Waals surface area contributed by atoms with Crippen LogP contribution in [0.5, 0.6) is 0 Å². The lowest BCUT2D eigenvalue weighted by Gasteiger charge is -2.40. The second-order valence-corrected chi connectivity index (χ2v) is 7.64. The molecular weight excluding hydrogens is 302 g/mol. The topological polar surface area (TPSA) is 49.8 Å². The van der Waals surface area contributed by atoms with E-state index in [4.69, 9.17) is 14.6 Å². The molecule has 1 saturated heterocycles. The summed E-state index contributed by atoms with van der Waals surface area (Å²) >= 11 is 0.